The Kier molecular flexibility index (Phi) is 1.90. The van der Waals surface area contributed by atoms with Gasteiger partial charge >= 0.3 is 0 Å². The molecule has 0 saturated carbocycles. The summed E-state index contributed by atoms with van der Waals surface area (Å²) in [6.45, 7) is -0.698. The largest absolute Gasteiger partial charge is 0.289 e. The molecule has 2 aliphatic carbocycles. The number of hydrogen-bond acceptors (Lipinski definition) is 1. The number of benzene rings is 1. The average Bonchev–Trinajstić information content (AvgIpc) is 2.69. The van der Waals surface area contributed by atoms with Crippen LogP contribution in [0.1, 0.15) is 11.1 Å². The van der Waals surface area contributed by atoms with E-state index in [0.29, 0.717) is 5.57 Å². The molecule has 0 saturated heterocycles. The molecule has 0 radical (unpaired) electrons. The Hall–Kier alpha value is -1.96. The first-order chi connectivity index (χ1) is 7.81. The van der Waals surface area contributed by atoms with Crippen LogP contribution in [0.3, 0.4) is 0 Å². The summed E-state index contributed by atoms with van der Waals surface area (Å²) in [5, 5.41) is 0. The molecule has 2 aliphatic rings. The molecule has 0 bridgehead atoms. The van der Waals surface area contributed by atoms with E-state index in [1.165, 1.54) is 0 Å². The first-order valence-electron chi connectivity index (χ1n) is 5.14. The summed E-state index contributed by atoms with van der Waals surface area (Å²) in [6, 6.07) is 7.81. The highest BCUT2D eigenvalue weighted by Gasteiger charge is 2.27. The molecule has 0 spiro atoms. The first kappa shape index (κ1) is 9.28. The van der Waals surface area contributed by atoms with Gasteiger partial charge in [-0.25, -0.2) is 4.39 Å². The molecular formula is C14H9FO. The standard InChI is InChI=1S/C14H9FO/c15-8-10-5-6-12-11-4-2-1-3-9(11)7-13(12)14(10)16/h1-7H,8H2. The Bertz CT molecular complexity index is 576. The molecule has 16 heavy (non-hydrogen) atoms. The van der Waals surface area contributed by atoms with Crippen LogP contribution in [0.5, 0.6) is 0 Å². The zero-order valence-corrected chi connectivity index (χ0v) is 8.53. The van der Waals surface area contributed by atoms with Crippen molar-refractivity contribution in [1.29, 1.82) is 0 Å². The minimum Gasteiger partial charge on any atom is -0.289 e. The second kappa shape index (κ2) is 3.27. The van der Waals surface area contributed by atoms with Gasteiger partial charge in [0.05, 0.1) is 0 Å². The SMILES string of the molecule is O=C1C(CF)=CC=C2C1=Cc1ccccc12. The van der Waals surface area contributed by atoms with Crippen molar-refractivity contribution in [3.8, 4) is 0 Å². The summed E-state index contributed by atoms with van der Waals surface area (Å²) in [4.78, 5) is 11.9. The lowest BCUT2D eigenvalue weighted by molar-refractivity contribution is -0.112. The van der Waals surface area contributed by atoms with Gasteiger partial charge in [0.2, 0.25) is 0 Å². The summed E-state index contributed by atoms with van der Waals surface area (Å²) in [7, 11) is 0. The lowest BCUT2D eigenvalue weighted by Crippen LogP contribution is -2.10. The Morgan fingerprint density at radius 1 is 1.06 bits per heavy atom. The van der Waals surface area contributed by atoms with E-state index in [1.807, 2.05) is 36.4 Å². The summed E-state index contributed by atoms with van der Waals surface area (Å²) in [5.41, 5.74) is 3.86. The van der Waals surface area contributed by atoms with Gasteiger partial charge < -0.3 is 0 Å². The van der Waals surface area contributed by atoms with E-state index in [9.17, 15) is 9.18 Å². The minimum absolute atomic E-state index is 0.184. The number of ketones is 1. The number of halogens is 1. The number of allylic oxidation sites excluding steroid dienone is 5. The number of hydrogen-bond donors (Lipinski definition) is 0. The van der Waals surface area contributed by atoms with Crippen LogP contribution >= 0.6 is 0 Å². The van der Waals surface area contributed by atoms with Gasteiger partial charge in [0, 0.05) is 11.1 Å². The van der Waals surface area contributed by atoms with Gasteiger partial charge in [-0.15, -0.1) is 0 Å². The van der Waals surface area contributed by atoms with Crippen LogP contribution in [0, 0.1) is 0 Å². The third-order valence-electron chi connectivity index (χ3n) is 2.97. The van der Waals surface area contributed by atoms with Crippen molar-refractivity contribution in [1.82, 2.24) is 0 Å². The first-order valence-corrected chi connectivity index (χ1v) is 5.14. The van der Waals surface area contributed by atoms with Crippen molar-refractivity contribution in [3.63, 3.8) is 0 Å². The van der Waals surface area contributed by atoms with Crippen molar-refractivity contribution < 1.29 is 9.18 Å². The second-order valence-corrected chi connectivity index (χ2v) is 3.88. The van der Waals surface area contributed by atoms with E-state index < -0.39 is 6.67 Å². The monoisotopic (exact) mass is 212 g/mol. The molecule has 0 unspecified atom stereocenters. The minimum atomic E-state index is -0.698. The zero-order valence-electron chi connectivity index (χ0n) is 8.53. The quantitative estimate of drug-likeness (QED) is 0.699. The van der Waals surface area contributed by atoms with E-state index in [2.05, 4.69) is 0 Å². The third-order valence-corrected chi connectivity index (χ3v) is 2.97. The maximum Gasteiger partial charge on any atom is 0.192 e. The van der Waals surface area contributed by atoms with Crippen LogP contribution < -0.4 is 0 Å². The molecule has 1 aromatic rings. The fourth-order valence-corrected chi connectivity index (χ4v) is 2.15. The van der Waals surface area contributed by atoms with Crippen LogP contribution in [0.15, 0.2) is 47.6 Å². The molecule has 0 amide bonds. The van der Waals surface area contributed by atoms with E-state index in [1.54, 1.807) is 6.08 Å². The van der Waals surface area contributed by atoms with E-state index in [0.717, 1.165) is 16.7 Å². The molecule has 0 N–H and O–H groups in total. The average molecular weight is 212 g/mol. The summed E-state index contributed by atoms with van der Waals surface area (Å²) < 4.78 is 12.6. The number of rotatable bonds is 1. The molecule has 0 atom stereocenters. The smallest absolute Gasteiger partial charge is 0.192 e. The van der Waals surface area contributed by atoms with Crippen LogP contribution in [0.25, 0.3) is 11.6 Å². The van der Waals surface area contributed by atoms with Gasteiger partial charge in [0.25, 0.3) is 0 Å². The van der Waals surface area contributed by atoms with E-state index >= 15 is 0 Å². The Morgan fingerprint density at radius 3 is 2.69 bits per heavy atom. The van der Waals surface area contributed by atoms with Crippen LogP contribution in [0.2, 0.25) is 0 Å². The fraction of sp³-hybridized carbons (Fsp3) is 0.0714. The lowest BCUT2D eigenvalue weighted by Gasteiger charge is -2.11. The normalized spacial score (nSPS) is 17.3. The summed E-state index contributed by atoms with van der Waals surface area (Å²) >= 11 is 0. The number of alkyl halides is 1. The molecule has 0 aliphatic heterocycles. The highest BCUT2D eigenvalue weighted by molar-refractivity contribution is 6.25. The maximum atomic E-state index is 12.6. The number of fused-ring (bicyclic) bond motifs is 3. The molecule has 2 heteroatoms. The summed E-state index contributed by atoms with van der Waals surface area (Å²) in [6.07, 6.45) is 5.25. The second-order valence-electron chi connectivity index (χ2n) is 3.88. The van der Waals surface area contributed by atoms with Crippen LogP contribution in [0.4, 0.5) is 4.39 Å². The number of carbonyl (C=O) groups is 1. The van der Waals surface area contributed by atoms with Gasteiger partial charge in [-0.05, 0) is 22.8 Å². The fourth-order valence-electron chi connectivity index (χ4n) is 2.15. The van der Waals surface area contributed by atoms with Crippen molar-refractivity contribution in [2.45, 2.75) is 0 Å². The third kappa shape index (κ3) is 1.13. The van der Waals surface area contributed by atoms with Crippen molar-refractivity contribution in [2.24, 2.45) is 0 Å². The van der Waals surface area contributed by atoms with Crippen molar-refractivity contribution in [3.05, 3.63) is 58.7 Å². The predicted molar refractivity (Wildman–Crippen MR) is 61.5 cm³/mol. The highest BCUT2D eigenvalue weighted by Crippen LogP contribution is 2.38. The van der Waals surface area contributed by atoms with Crippen molar-refractivity contribution >= 4 is 17.4 Å². The Balaban J connectivity index is 2.19. The lowest BCUT2D eigenvalue weighted by atomic mass is 9.92. The van der Waals surface area contributed by atoms with Gasteiger partial charge in [-0.3, -0.25) is 4.79 Å². The van der Waals surface area contributed by atoms with E-state index in [4.69, 9.17) is 0 Å². The maximum absolute atomic E-state index is 12.6. The Morgan fingerprint density at radius 2 is 1.88 bits per heavy atom. The predicted octanol–water partition coefficient (Wildman–Crippen LogP) is 2.95. The molecule has 3 rings (SSSR count). The van der Waals surface area contributed by atoms with E-state index in [-0.39, 0.29) is 11.4 Å². The van der Waals surface area contributed by atoms with Gasteiger partial charge in [-0.1, -0.05) is 36.4 Å². The van der Waals surface area contributed by atoms with Crippen molar-refractivity contribution in [2.75, 3.05) is 6.67 Å². The van der Waals surface area contributed by atoms with Gasteiger partial charge in [0.1, 0.15) is 6.67 Å². The molecule has 0 fully saturated rings. The molecule has 0 aromatic heterocycles. The molecule has 0 heterocycles. The molecule has 78 valence electrons. The van der Waals surface area contributed by atoms with Gasteiger partial charge in [0.15, 0.2) is 5.78 Å². The summed E-state index contributed by atoms with van der Waals surface area (Å²) in [5.74, 6) is -0.184. The Labute approximate surface area is 92.6 Å². The zero-order chi connectivity index (χ0) is 11.1. The topological polar surface area (TPSA) is 17.1 Å². The molecular weight excluding hydrogens is 203 g/mol. The number of Topliss-reactive ketones (excluding diaryl/α,β-unsaturated/α-hetero) is 1. The molecule has 1 nitrogen and oxygen atoms in total. The number of carbonyl (C=O) groups excluding carboxylic acids is 1. The van der Waals surface area contributed by atoms with Crippen LogP contribution in [-0.4, -0.2) is 12.5 Å². The van der Waals surface area contributed by atoms with Crippen LogP contribution in [-0.2, 0) is 4.79 Å². The molecule has 1 aromatic carbocycles. The van der Waals surface area contributed by atoms with Gasteiger partial charge in [-0.2, -0.15) is 0 Å². The highest BCUT2D eigenvalue weighted by atomic mass is 19.1.